The van der Waals surface area contributed by atoms with Gasteiger partial charge in [-0.05, 0) is 38.8 Å². The van der Waals surface area contributed by atoms with E-state index in [1.165, 1.54) is 18.5 Å². The van der Waals surface area contributed by atoms with Crippen molar-refractivity contribution in [2.75, 3.05) is 18.6 Å². The van der Waals surface area contributed by atoms with Crippen molar-refractivity contribution >= 4 is 5.69 Å². The van der Waals surface area contributed by atoms with Crippen molar-refractivity contribution in [1.82, 2.24) is 0 Å². The van der Waals surface area contributed by atoms with Crippen LogP contribution in [0.4, 0.5) is 5.69 Å². The molecular formula is C14H22N2O. The fraction of sp³-hybridized carbons (Fsp3) is 0.571. The molecule has 0 amide bonds. The summed E-state index contributed by atoms with van der Waals surface area (Å²) in [5, 5.41) is 0. The van der Waals surface area contributed by atoms with Crippen LogP contribution in [0.15, 0.2) is 18.2 Å². The molecule has 1 aromatic carbocycles. The highest BCUT2D eigenvalue weighted by atomic mass is 16.5. The summed E-state index contributed by atoms with van der Waals surface area (Å²) in [6.07, 6.45) is 2.52. The second kappa shape index (κ2) is 4.96. The van der Waals surface area contributed by atoms with Crippen molar-refractivity contribution in [3.05, 3.63) is 23.8 Å². The number of hydrogen-bond acceptors (Lipinski definition) is 3. The lowest BCUT2D eigenvalue weighted by Gasteiger charge is -2.28. The van der Waals surface area contributed by atoms with Crippen molar-refractivity contribution in [1.29, 1.82) is 0 Å². The van der Waals surface area contributed by atoms with Crippen LogP contribution in [0, 0.1) is 0 Å². The highest BCUT2D eigenvalue weighted by Gasteiger charge is 2.25. The molecule has 1 fully saturated rings. The molecule has 2 N–H and O–H groups in total. The molecule has 1 aliphatic rings. The Morgan fingerprint density at radius 3 is 2.76 bits per heavy atom. The molecule has 0 radical (unpaired) electrons. The van der Waals surface area contributed by atoms with Gasteiger partial charge in [0.25, 0.3) is 0 Å². The number of rotatable bonds is 3. The van der Waals surface area contributed by atoms with Gasteiger partial charge in [0, 0.05) is 29.9 Å². The molecule has 1 heterocycles. The summed E-state index contributed by atoms with van der Waals surface area (Å²) in [4.78, 5) is 2.45. The largest absolute Gasteiger partial charge is 0.496 e. The molecule has 2 atom stereocenters. The minimum absolute atomic E-state index is 0.00560. The summed E-state index contributed by atoms with van der Waals surface area (Å²) >= 11 is 0. The van der Waals surface area contributed by atoms with Crippen LogP contribution in [-0.2, 0) is 0 Å². The van der Waals surface area contributed by atoms with E-state index in [4.69, 9.17) is 10.5 Å². The van der Waals surface area contributed by atoms with Crippen molar-refractivity contribution in [2.45, 2.75) is 38.8 Å². The van der Waals surface area contributed by atoms with Gasteiger partial charge in [0.15, 0.2) is 0 Å². The molecule has 0 spiro atoms. The van der Waals surface area contributed by atoms with Crippen LogP contribution in [0.3, 0.4) is 0 Å². The van der Waals surface area contributed by atoms with E-state index < -0.39 is 0 Å². The summed E-state index contributed by atoms with van der Waals surface area (Å²) in [6.45, 7) is 5.41. The standard InChI is InChI=1S/C14H22N2O/c1-10-6-5-9-16(10)12-7-4-8-13(17-3)14(12)11(2)15/h4,7-8,10-11H,5-6,9,15H2,1-3H3/t10?,11-/m0/s1. The molecule has 3 heteroatoms. The first-order valence-corrected chi connectivity index (χ1v) is 6.34. The molecule has 1 aliphatic heterocycles. The molecule has 1 aromatic rings. The van der Waals surface area contributed by atoms with E-state index in [0.29, 0.717) is 6.04 Å². The Kier molecular flexibility index (Phi) is 3.57. The molecule has 0 bridgehead atoms. The fourth-order valence-corrected chi connectivity index (χ4v) is 2.71. The van der Waals surface area contributed by atoms with Crippen LogP contribution < -0.4 is 15.4 Å². The zero-order valence-electron chi connectivity index (χ0n) is 10.9. The summed E-state index contributed by atoms with van der Waals surface area (Å²) < 4.78 is 5.44. The van der Waals surface area contributed by atoms with Crippen LogP contribution in [-0.4, -0.2) is 19.7 Å². The predicted octanol–water partition coefficient (Wildman–Crippen LogP) is 2.70. The number of hydrogen-bond donors (Lipinski definition) is 1. The maximum Gasteiger partial charge on any atom is 0.125 e. The third kappa shape index (κ3) is 2.25. The van der Waals surface area contributed by atoms with Crippen molar-refractivity contribution < 1.29 is 4.74 Å². The topological polar surface area (TPSA) is 38.5 Å². The van der Waals surface area contributed by atoms with Crippen LogP contribution in [0.5, 0.6) is 5.75 Å². The van der Waals surface area contributed by atoms with Gasteiger partial charge in [0.05, 0.1) is 7.11 Å². The molecule has 2 rings (SSSR count). The van der Waals surface area contributed by atoms with E-state index in [9.17, 15) is 0 Å². The van der Waals surface area contributed by atoms with Crippen molar-refractivity contribution in [3.63, 3.8) is 0 Å². The molecule has 3 nitrogen and oxygen atoms in total. The Bertz CT molecular complexity index is 390. The molecule has 17 heavy (non-hydrogen) atoms. The highest BCUT2D eigenvalue weighted by Crippen LogP contribution is 2.36. The second-order valence-electron chi connectivity index (χ2n) is 4.87. The summed E-state index contributed by atoms with van der Waals surface area (Å²) in [7, 11) is 1.71. The molecule has 0 saturated carbocycles. The quantitative estimate of drug-likeness (QED) is 0.874. The third-order valence-corrected chi connectivity index (χ3v) is 3.58. The SMILES string of the molecule is COc1cccc(N2CCCC2C)c1[C@H](C)N. The molecule has 0 aromatic heterocycles. The monoisotopic (exact) mass is 234 g/mol. The Morgan fingerprint density at radius 1 is 1.47 bits per heavy atom. The Hall–Kier alpha value is -1.22. The molecule has 1 unspecified atom stereocenters. The lowest BCUT2D eigenvalue weighted by Crippen LogP contribution is -2.28. The molecule has 94 valence electrons. The van der Waals surface area contributed by atoms with E-state index in [1.54, 1.807) is 7.11 Å². The van der Waals surface area contributed by atoms with Gasteiger partial charge >= 0.3 is 0 Å². The summed E-state index contributed by atoms with van der Waals surface area (Å²) in [5.41, 5.74) is 8.47. The van der Waals surface area contributed by atoms with Crippen LogP contribution in [0.2, 0.25) is 0 Å². The van der Waals surface area contributed by atoms with Crippen molar-refractivity contribution in [3.8, 4) is 5.75 Å². The predicted molar refractivity (Wildman–Crippen MR) is 71.6 cm³/mol. The molecule has 0 aliphatic carbocycles. The second-order valence-corrected chi connectivity index (χ2v) is 4.87. The first-order chi connectivity index (χ1) is 8.15. The van der Waals surface area contributed by atoms with Gasteiger partial charge in [0.1, 0.15) is 5.75 Å². The van der Waals surface area contributed by atoms with Gasteiger partial charge in [-0.1, -0.05) is 6.07 Å². The van der Waals surface area contributed by atoms with E-state index >= 15 is 0 Å². The maximum absolute atomic E-state index is 6.10. The molecular weight excluding hydrogens is 212 g/mol. The van der Waals surface area contributed by atoms with Crippen LogP contribution >= 0.6 is 0 Å². The number of nitrogens with two attached hydrogens (primary N) is 1. The maximum atomic E-state index is 6.10. The summed E-state index contributed by atoms with van der Waals surface area (Å²) in [6, 6.07) is 6.78. The number of ether oxygens (including phenoxy) is 1. The minimum Gasteiger partial charge on any atom is -0.496 e. The van der Waals surface area contributed by atoms with E-state index in [2.05, 4.69) is 17.9 Å². The van der Waals surface area contributed by atoms with Gasteiger partial charge in [-0.3, -0.25) is 0 Å². The Balaban J connectivity index is 2.45. The molecule has 1 saturated heterocycles. The zero-order chi connectivity index (χ0) is 12.4. The highest BCUT2D eigenvalue weighted by molar-refractivity contribution is 5.61. The third-order valence-electron chi connectivity index (χ3n) is 3.58. The Morgan fingerprint density at radius 2 is 2.24 bits per heavy atom. The van der Waals surface area contributed by atoms with E-state index in [0.717, 1.165) is 17.9 Å². The zero-order valence-corrected chi connectivity index (χ0v) is 10.9. The average molecular weight is 234 g/mol. The first kappa shape index (κ1) is 12.2. The smallest absolute Gasteiger partial charge is 0.125 e. The van der Waals surface area contributed by atoms with E-state index in [-0.39, 0.29) is 6.04 Å². The Labute approximate surface area is 104 Å². The number of methoxy groups -OCH3 is 1. The normalized spacial score (nSPS) is 21.6. The first-order valence-electron chi connectivity index (χ1n) is 6.34. The van der Waals surface area contributed by atoms with E-state index in [1.807, 2.05) is 19.1 Å². The van der Waals surface area contributed by atoms with Crippen LogP contribution in [0.1, 0.15) is 38.3 Å². The van der Waals surface area contributed by atoms with Gasteiger partial charge in [-0.25, -0.2) is 0 Å². The lowest BCUT2D eigenvalue weighted by molar-refractivity contribution is 0.407. The van der Waals surface area contributed by atoms with Gasteiger partial charge in [0.2, 0.25) is 0 Å². The average Bonchev–Trinajstić information content (AvgIpc) is 2.74. The van der Waals surface area contributed by atoms with Crippen LogP contribution in [0.25, 0.3) is 0 Å². The minimum atomic E-state index is -0.00560. The fourth-order valence-electron chi connectivity index (χ4n) is 2.71. The van der Waals surface area contributed by atoms with Gasteiger partial charge in [-0.2, -0.15) is 0 Å². The number of anilines is 1. The van der Waals surface area contributed by atoms with Gasteiger partial charge in [-0.15, -0.1) is 0 Å². The van der Waals surface area contributed by atoms with Gasteiger partial charge < -0.3 is 15.4 Å². The number of benzene rings is 1. The summed E-state index contributed by atoms with van der Waals surface area (Å²) in [5.74, 6) is 0.900. The van der Waals surface area contributed by atoms with Crippen molar-refractivity contribution in [2.24, 2.45) is 5.73 Å². The lowest BCUT2D eigenvalue weighted by atomic mass is 10.0. The number of nitrogens with zero attached hydrogens (tertiary/aromatic N) is 1.